The minimum absolute atomic E-state index is 0.214. The molecular formula is C16H16N2O3. The molecule has 0 fully saturated rings. The first-order valence-corrected chi connectivity index (χ1v) is 6.38. The number of benzene rings is 1. The average molecular weight is 284 g/mol. The largest absolute Gasteiger partial charge is 0.492 e. The van der Waals surface area contributed by atoms with Gasteiger partial charge in [-0.3, -0.25) is 4.79 Å². The molecule has 2 rings (SSSR count). The van der Waals surface area contributed by atoms with E-state index in [4.69, 9.17) is 9.47 Å². The number of carbonyl (C=O) groups excluding carboxylic acids is 1. The van der Waals surface area contributed by atoms with E-state index in [1.807, 2.05) is 31.2 Å². The fraction of sp³-hybridized carbons (Fsp3) is 0.188. The second-order valence-corrected chi connectivity index (χ2v) is 4.43. The second kappa shape index (κ2) is 6.65. The average Bonchev–Trinajstić information content (AvgIpc) is 2.50. The summed E-state index contributed by atoms with van der Waals surface area (Å²) >= 11 is 0. The predicted octanol–water partition coefficient (Wildman–Crippen LogP) is 3.61. The number of ketones is 1. The first-order valence-electron chi connectivity index (χ1n) is 6.38. The zero-order valence-corrected chi connectivity index (χ0v) is 12.2. The fourth-order valence-electron chi connectivity index (χ4n) is 1.75. The molecule has 0 heterocycles. The van der Waals surface area contributed by atoms with E-state index in [-0.39, 0.29) is 17.3 Å². The minimum Gasteiger partial charge on any atom is -0.492 e. The lowest BCUT2D eigenvalue weighted by molar-refractivity contribution is -0.117. The van der Waals surface area contributed by atoms with Gasteiger partial charge in [-0.15, -0.1) is 0 Å². The molecule has 0 N–H and O–H groups in total. The topological polar surface area (TPSA) is 60.3 Å². The smallest absolute Gasteiger partial charge is 0.261 e. The zero-order valence-electron chi connectivity index (χ0n) is 12.2. The molecule has 1 aromatic carbocycles. The molecule has 0 aromatic heterocycles. The van der Waals surface area contributed by atoms with Gasteiger partial charge in [0, 0.05) is 5.57 Å². The van der Waals surface area contributed by atoms with Gasteiger partial charge in [0.25, 0.3) is 5.78 Å². The van der Waals surface area contributed by atoms with Crippen LogP contribution in [0.5, 0.6) is 0 Å². The number of nitrogens with zero attached hydrogens (tertiary/aromatic N) is 2. The number of carbonyl (C=O) groups is 1. The van der Waals surface area contributed by atoms with Gasteiger partial charge < -0.3 is 9.47 Å². The van der Waals surface area contributed by atoms with Crippen LogP contribution in [-0.2, 0) is 14.3 Å². The van der Waals surface area contributed by atoms with Crippen LogP contribution in [0.15, 0.2) is 69.9 Å². The van der Waals surface area contributed by atoms with Gasteiger partial charge in [-0.1, -0.05) is 17.7 Å². The number of Topliss-reactive ketones (excluding diaryl/α,β-unsaturated/α-hetero) is 1. The number of methoxy groups -OCH3 is 2. The molecule has 0 spiro atoms. The highest BCUT2D eigenvalue weighted by molar-refractivity contribution is 6.07. The molecule has 21 heavy (non-hydrogen) atoms. The van der Waals surface area contributed by atoms with Crippen LogP contribution in [0.1, 0.15) is 5.56 Å². The molecule has 5 heteroatoms. The van der Waals surface area contributed by atoms with Crippen molar-refractivity contribution < 1.29 is 14.3 Å². The molecule has 0 radical (unpaired) electrons. The monoisotopic (exact) mass is 284 g/mol. The van der Waals surface area contributed by atoms with Gasteiger partial charge in [0.2, 0.25) is 0 Å². The lowest BCUT2D eigenvalue weighted by atomic mass is 10.1. The molecule has 1 aliphatic rings. The van der Waals surface area contributed by atoms with Crippen LogP contribution in [-0.4, -0.2) is 20.0 Å². The van der Waals surface area contributed by atoms with Gasteiger partial charge in [0.1, 0.15) is 0 Å². The molecule has 0 aliphatic heterocycles. The summed E-state index contributed by atoms with van der Waals surface area (Å²) in [4.78, 5) is 11.8. The lowest BCUT2D eigenvalue weighted by Crippen LogP contribution is -2.13. The van der Waals surface area contributed by atoms with Crippen LogP contribution >= 0.6 is 0 Å². The van der Waals surface area contributed by atoms with Crippen LogP contribution in [0.4, 0.5) is 5.69 Å². The van der Waals surface area contributed by atoms with E-state index in [0.717, 1.165) is 5.69 Å². The maximum atomic E-state index is 11.8. The van der Waals surface area contributed by atoms with E-state index in [2.05, 4.69) is 10.2 Å². The summed E-state index contributed by atoms with van der Waals surface area (Å²) in [5.74, 6) is 0.143. The maximum absolute atomic E-state index is 11.8. The summed E-state index contributed by atoms with van der Waals surface area (Å²) < 4.78 is 10.0. The molecule has 0 saturated carbocycles. The number of ether oxygens (including phenoxy) is 2. The standard InChI is InChI=1S/C16H16N2O3/c1-11-4-6-13(7-5-11)18-17-10-12-8-14(20-2)16(19)15(9-12)21-3/h4-10H,1-3H3. The summed E-state index contributed by atoms with van der Waals surface area (Å²) in [7, 11) is 2.88. The van der Waals surface area contributed by atoms with Crippen molar-refractivity contribution in [2.75, 3.05) is 14.2 Å². The van der Waals surface area contributed by atoms with Crippen LogP contribution in [0.25, 0.3) is 0 Å². The number of aryl methyl sites for hydroxylation is 1. The molecule has 0 amide bonds. The number of azo groups is 1. The summed E-state index contributed by atoms with van der Waals surface area (Å²) in [5.41, 5.74) is 2.61. The Bertz CT molecular complexity index is 627. The van der Waals surface area contributed by atoms with Crippen molar-refractivity contribution in [2.45, 2.75) is 6.92 Å². The summed E-state index contributed by atoms with van der Waals surface area (Å²) in [6, 6.07) is 7.70. The van der Waals surface area contributed by atoms with Gasteiger partial charge in [0.15, 0.2) is 11.5 Å². The Morgan fingerprint density at radius 1 is 1.00 bits per heavy atom. The summed E-state index contributed by atoms with van der Waals surface area (Å²) in [5, 5.41) is 8.09. The Morgan fingerprint density at radius 2 is 1.57 bits per heavy atom. The zero-order chi connectivity index (χ0) is 15.2. The van der Waals surface area contributed by atoms with Crippen LogP contribution in [0.3, 0.4) is 0 Å². The highest BCUT2D eigenvalue weighted by Crippen LogP contribution is 2.20. The Kier molecular flexibility index (Phi) is 4.66. The minimum atomic E-state index is -0.285. The molecule has 5 nitrogen and oxygen atoms in total. The highest BCUT2D eigenvalue weighted by atomic mass is 16.5. The van der Waals surface area contributed by atoms with Crippen molar-refractivity contribution in [1.29, 1.82) is 0 Å². The Morgan fingerprint density at radius 3 is 2.10 bits per heavy atom. The molecule has 1 aromatic rings. The molecule has 108 valence electrons. The summed E-state index contributed by atoms with van der Waals surface area (Å²) in [6.45, 7) is 2.01. The molecule has 0 bridgehead atoms. The normalized spacial score (nSPS) is 14.8. The van der Waals surface area contributed by atoms with E-state index >= 15 is 0 Å². The van der Waals surface area contributed by atoms with Crippen molar-refractivity contribution in [1.82, 2.24) is 0 Å². The summed E-state index contributed by atoms with van der Waals surface area (Å²) in [6.07, 6.45) is 4.74. The van der Waals surface area contributed by atoms with Gasteiger partial charge >= 0.3 is 0 Å². The predicted molar refractivity (Wildman–Crippen MR) is 79.0 cm³/mol. The molecule has 0 unspecified atom stereocenters. The third kappa shape index (κ3) is 3.66. The molecule has 1 aliphatic carbocycles. The number of hydrogen-bond donors (Lipinski definition) is 0. The maximum Gasteiger partial charge on any atom is 0.261 e. The van der Waals surface area contributed by atoms with E-state index in [9.17, 15) is 4.79 Å². The third-order valence-corrected chi connectivity index (χ3v) is 2.90. The van der Waals surface area contributed by atoms with Crippen molar-refractivity contribution in [3.05, 3.63) is 65.3 Å². The molecule has 0 atom stereocenters. The van der Waals surface area contributed by atoms with Crippen LogP contribution in [0, 0.1) is 6.92 Å². The third-order valence-electron chi connectivity index (χ3n) is 2.90. The van der Waals surface area contributed by atoms with E-state index < -0.39 is 0 Å². The van der Waals surface area contributed by atoms with Crippen LogP contribution < -0.4 is 0 Å². The van der Waals surface area contributed by atoms with Crippen molar-refractivity contribution in [3.8, 4) is 0 Å². The fourth-order valence-corrected chi connectivity index (χ4v) is 1.75. The number of allylic oxidation sites excluding steroid dienone is 3. The van der Waals surface area contributed by atoms with E-state index in [1.165, 1.54) is 19.8 Å². The molecule has 0 saturated heterocycles. The Balaban J connectivity index is 2.20. The van der Waals surface area contributed by atoms with E-state index in [0.29, 0.717) is 5.57 Å². The number of rotatable bonds is 4. The number of hydrogen-bond acceptors (Lipinski definition) is 5. The molecular weight excluding hydrogens is 268 g/mol. The quantitative estimate of drug-likeness (QED) is 0.793. The van der Waals surface area contributed by atoms with Gasteiger partial charge in [-0.25, -0.2) is 0 Å². The van der Waals surface area contributed by atoms with Crippen LogP contribution in [0.2, 0.25) is 0 Å². The Hall–Kier alpha value is -2.69. The SMILES string of the molecule is COC1=CC(=CN=Nc2ccc(C)cc2)C=C(OC)C1=O. The van der Waals surface area contributed by atoms with Crippen molar-refractivity contribution >= 4 is 11.5 Å². The highest BCUT2D eigenvalue weighted by Gasteiger charge is 2.21. The van der Waals surface area contributed by atoms with Gasteiger partial charge in [-0.2, -0.15) is 10.2 Å². The van der Waals surface area contributed by atoms with Gasteiger partial charge in [-0.05, 0) is 31.2 Å². The first-order chi connectivity index (χ1) is 10.1. The Labute approximate surface area is 123 Å². The van der Waals surface area contributed by atoms with Crippen molar-refractivity contribution in [3.63, 3.8) is 0 Å². The second-order valence-electron chi connectivity index (χ2n) is 4.43. The lowest BCUT2D eigenvalue weighted by Gasteiger charge is -2.12. The van der Waals surface area contributed by atoms with Crippen molar-refractivity contribution in [2.24, 2.45) is 10.2 Å². The van der Waals surface area contributed by atoms with Gasteiger partial charge in [0.05, 0.1) is 26.1 Å². The van der Waals surface area contributed by atoms with E-state index in [1.54, 1.807) is 18.4 Å². The first kappa shape index (κ1) is 14.7.